The van der Waals surface area contributed by atoms with Gasteiger partial charge in [0.05, 0.1) is 12.3 Å². The van der Waals surface area contributed by atoms with Crippen LogP contribution in [0.1, 0.15) is 36.6 Å². The fraction of sp³-hybridized carbons (Fsp3) is 0.636. The van der Waals surface area contributed by atoms with E-state index in [1.165, 1.54) is 24.8 Å². The third-order valence-corrected chi connectivity index (χ3v) is 2.83. The summed E-state index contributed by atoms with van der Waals surface area (Å²) in [6.07, 6.45) is 5.81. The van der Waals surface area contributed by atoms with Gasteiger partial charge in [-0.2, -0.15) is 0 Å². The van der Waals surface area contributed by atoms with Crippen molar-refractivity contribution in [3.05, 3.63) is 23.7 Å². The van der Waals surface area contributed by atoms with Gasteiger partial charge in [0.1, 0.15) is 5.76 Å². The minimum Gasteiger partial charge on any atom is -0.467 e. The molecule has 1 heterocycles. The first-order chi connectivity index (χ1) is 6.31. The Hall–Kier alpha value is -0.760. The molecule has 1 atom stereocenters. The zero-order chi connectivity index (χ0) is 9.26. The van der Waals surface area contributed by atoms with Crippen LogP contribution in [-0.2, 0) is 0 Å². The molecule has 0 saturated heterocycles. The Morgan fingerprint density at radius 2 is 2.38 bits per heavy atom. The second-order valence-electron chi connectivity index (χ2n) is 3.99. The zero-order valence-corrected chi connectivity index (χ0v) is 8.34. The number of nitrogens with one attached hydrogen (secondary N) is 1. The molecule has 2 heteroatoms. The summed E-state index contributed by atoms with van der Waals surface area (Å²) in [4.78, 5) is 0. The van der Waals surface area contributed by atoms with E-state index in [9.17, 15) is 0 Å². The van der Waals surface area contributed by atoms with Gasteiger partial charge in [0.15, 0.2) is 0 Å². The average Bonchev–Trinajstić information content (AvgIpc) is 2.85. The molecular weight excluding hydrogens is 162 g/mol. The minimum absolute atomic E-state index is 0.419. The fourth-order valence-electron chi connectivity index (χ4n) is 1.78. The summed E-state index contributed by atoms with van der Waals surface area (Å²) >= 11 is 0. The Kier molecular flexibility index (Phi) is 2.40. The van der Waals surface area contributed by atoms with Gasteiger partial charge in [-0.15, -0.1) is 0 Å². The molecule has 0 bridgehead atoms. The summed E-state index contributed by atoms with van der Waals surface area (Å²) in [5, 5.41) is 3.32. The molecule has 1 aliphatic carbocycles. The Morgan fingerprint density at radius 1 is 1.62 bits per heavy atom. The molecule has 1 saturated carbocycles. The fourth-order valence-corrected chi connectivity index (χ4v) is 1.78. The predicted molar refractivity (Wildman–Crippen MR) is 52.6 cm³/mol. The van der Waals surface area contributed by atoms with Gasteiger partial charge in [0.25, 0.3) is 0 Å². The van der Waals surface area contributed by atoms with Crippen molar-refractivity contribution in [2.75, 3.05) is 7.05 Å². The van der Waals surface area contributed by atoms with Gasteiger partial charge >= 0.3 is 0 Å². The molecule has 0 aromatic carbocycles. The van der Waals surface area contributed by atoms with E-state index in [0.29, 0.717) is 6.04 Å². The van der Waals surface area contributed by atoms with Crippen molar-refractivity contribution in [1.82, 2.24) is 5.32 Å². The molecule has 1 aromatic heterocycles. The van der Waals surface area contributed by atoms with E-state index < -0.39 is 0 Å². The van der Waals surface area contributed by atoms with Crippen LogP contribution >= 0.6 is 0 Å². The Morgan fingerprint density at radius 3 is 2.85 bits per heavy atom. The van der Waals surface area contributed by atoms with Gasteiger partial charge in [-0.1, -0.05) is 12.8 Å². The van der Waals surface area contributed by atoms with Crippen molar-refractivity contribution in [2.24, 2.45) is 5.92 Å². The van der Waals surface area contributed by atoms with Crippen LogP contribution in [0.2, 0.25) is 0 Å². The van der Waals surface area contributed by atoms with Crippen LogP contribution in [0.5, 0.6) is 0 Å². The number of hydrogen-bond donors (Lipinski definition) is 1. The van der Waals surface area contributed by atoms with Crippen LogP contribution < -0.4 is 5.32 Å². The highest BCUT2D eigenvalue weighted by Gasteiger charge is 2.27. The maximum atomic E-state index is 5.48. The average molecular weight is 179 g/mol. The Labute approximate surface area is 79.3 Å². The Balaban J connectivity index is 2.06. The van der Waals surface area contributed by atoms with E-state index in [2.05, 4.69) is 12.2 Å². The lowest BCUT2D eigenvalue weighted by Crippen LogP contribution is -2.17. The van der Waals surface area contributed by atoms with Gasteiger partial charge in [0.2, 0.25) is 0 Å². The lowest BCUT2D eigenvalue weighted by Gasteiger charge is -2.13. The smallest absolute Gasteiger partial charge is 0.123 e. The highest BCUT2D eigenvalue weighted by atomic mass is 16.3. The third kappa shape index (κ3) is 1.94. The van der Waals surface area contributed by atoms with Crippen molar-refractivity contribution < 1.29 is 4.42 Å². The maximum absolute atomic E-state index is 5.48. The quantitative estimate of drug-likeness (QED) is 0.768. The van der Waals surface area contributed by atoms with Crippen LogP contribution in [0.3, 0.4) is 0 Å². The monoisotopic (exact) mass is 179 g/mol. The molecule has 13 heavy (non-hydrogen) atoms. The van der Waals surface area contributed by atoms with Gasteiger partial charge < -0.3 is 9.73 Å². The van der Waals surface area contributed by atoms with Gasteiger partial charge in [-0.3, -0.25) is 0 Å². The van der Waals surface area contributed by atoms with Crippen molar-refractivity contribution >= 4 is 0 Å². The maximum Gasteiger partial charge on any atom is 0.123 e. The molecule has 0 spiro atoms. The highest BCUT2D eigenvalue weighted by molar-refractivity contribution is 5.18. The van der Waals surface area contributed by atoms with E-state index in [0.717, 1.165) is 11.7 Å². The molecule has 1 fully saturated rings. The predicted octanol–water partition coefficient (Wildman–Crippen LogP) is 2.65. The van der Waals surface area contributed by atoms with Crippen molar-refractivity contribution in [1.29, 1.82) is 0 Å². The summed E-state index contributed by atoms with van der Waals surface area (Å²) in [6.45, 7) is 2.11. The van der Waals surface area contributed by atoms with Crippen molar-refractivity contribution in [3.8, 4) is 0 Å². The minimum atomic E-state index is 0.419. The lowest BCUT2D eigenvalue weighted by molar-refractivity contribution is 0.399. The first-order valence-corrected chi connectivity index (χ1v) is 5.02. The van der Waals surface area contributed by atoms with Crippen LogP contribution in [-0.4, -0.2) is 7.05 Å². The molecule has 2 rings (SSSR count). The summed E-state index contributed by atoms with van der Waals surface area (Å²) in [5.41, 5.74) is 1.26. The number of furan rings is 1. The Bertz CT molecular complexity index is 275. The molecule has 1 unspecified atom stereocenters. The molecule has 2 nitrogen and oxygen atoms in total. The molecule has 0 aliphatic heterocycles. The van der Waals surface area contributed by atoms with Gasteiger partial charge in [-0.25, -0.2) is 0 Å². The van der Waals surface area contributed by atoms with E-state index in [1.807, 2.05) is 13.1 Å². The number of aryl methyl sites for hydroxylation is 1. The normalized spacial score (nSPS) is 18.9. The standard InChI is InChI=1S/C11H17NO/c1-8-5-6-13-11(8)10(12-2)7-9-3-4-9/h5-6,9-10,12H,3-4,7H2,1-2H3. The van der Waals surface area contributed by atoms with Crippen molar-refractivity contribution in [2.45, 2.75) is 32.2 Å². The largest absolute Gasteiger partial charge is 0.467 e. The van der Waals surface area contributed by atoms with E-state index in [1.54, 1.807) is 6.26 Å². The molecule has 1 aliphatic rings. The first-order valence-electron chi connectivity index (χ1n) is 5.02. The third-order valence-electron chi connectivity index (χ3n) is 2.83. The number of hydrogen-bond acceptors (Lipinski definition) is 2. The van der Waals surface area contributed by atoms with Crippen LogP contribution in [0.4, 0.5) is 0 Å². The van der Waals surface area contributed by atoms with Gasteiger partial charge in [-0.05, 0) is 37.9 Å². The van der Waals surface area contributed by atoms with Crippen LogP contribution in [0.15, 0.2) is 16.7 Å². The highest BCUT2D eigenvalue weighted by Crippen LogP contribution is 2.38. The van der Waals surface area contributed by atoms with Crippen LogP contribution in [0.25, 0.3) is 0 Å². The first kappa shape index (κ1) is 8.82. The van der Waals surface area contributed by atoms with E-state index >= 15 is 0 Å². The zero-order valence-electron chi connectivity index (χ0n) is 8.34. The second-order valence-corrected chi connectivity index (χ2v) is 3.99. The second kappa shape index (κ2) is 3.54. The molecule has 1 N–H and O–H groups in total. The lowest BCUT2D eigenvalue weighted by atomic mass is 10.1. The molecule has 0 radical (unpaired) electrons. The molecular formula is C11H17NO. The van der Waals surface area contributed by atoms with Crippen molar-refractivity contribution in [3.63, 3.8) is 0 Å². The SMILES string of the molecule is CNC(CC1CC1)c1occc1C. The topological polar surface area (TPSA) is 25.2 Å². The molecule has 72 valence electrons. The van der Waals surface area contributed by atoms with E-state index in [4.69, 9.17) is 4.42 Å². The van der Waals surface area contributed by atoms with Crippen LogP contribution in [0, 0.1) is 12.8 Å². The van der Waals surface area contributed by atoms with E-state index in [-0.39, 0.29) is 0 Å². The molecule has 0 amide bonds. The van der Waals surface area contributed by atoms with Gasteiger partial charge in [0, 0.05) is 0 Å². The molecule has 1 aromatic rings. The summed E-state index contributed by atoms with van der Waals surface area (Å²) in [6, 6.07) is 2.45. The summed E-state index contributed by atoms with van der Waals surface area (Å²) < 4.78 is 5.48. The number of rotatable bonds is 4. The summed E-state index contributed by atoms with van der Waals surface area (Å²) in [5.74, 6) is 2.05. The summed E-state index contributed by atoms with van der Waals surface area (Å²) in [7, 11) is 2.01.